The van der Waals surface area contributed by atoms with E-state index in [-0.39, 0.29) is 0 Å². The highest BCUT2D eigenvalue weighted by molar-refractivity contribution is 4.51. The smallest absolute Gasteiger partial charge is 0.0491 e. The summed E-state index contributed by atoms with van der Waals surface area (Å²) in [5.74, 6) is 0.621. The van der Waals surface area contributed by atoms with Gasteiger partial charge in [-0.2, -0.15) is 0 Å². The van der Waals surface area contributed by atoms with E-state index in [4.69, 9.17) is 4.74 Å². The van der Waals surface area contributed by atoms with E-state index < -0.39 is 0 Å². The molecule has 0 rings (SSSR count). The number of hydrogen-bond acceptors (Lipinski definition) is 1. The van der Waals surface area contributed by atoms with E-state index in [0.717, 1.165) is 19.6 Å². The van der Waals surface area contributed by atoms with Crippen LogP contribution in [-0.4, -0.2) is 13.2 Å². The number of ether oxygens (including phenoxy) is 1. The second kappa shape index (κ2) is 9.05. The van der Waals surface area contributed by atoms with Gasteiger partial charge in [-0.25, -0.2) is 0 Å². The molecule has 1 radical (unpaired) electrons. The predicted molar refractivity (Wildman–Crippen MR) is 54.1 cm³/mol. The molecule has 12 heavy (non-hydrogen) atoms. The van der Waals surface area contributed by atoms with Crippen molar-refractivity contribution in [1.82, 2.24) is 0 Å². The maximum absolute atomic E-state index is 5.49. The number of rotatable bonds is 8. The molecule has 0 heterocycles. The van der Waals surface area contributed by atoms with Gasteiger partial charge in [0, 0.05) is 13.2 Å². The zero-order chi connectivity index (χ0) is 9.23. The second-order valence-corrected chi connectivity index (χ2v) is 3.53. The summed E-state index contributed by atoms with van der Waals surface area (Å²) < 4.78 is 5.49. The average Bonchev–Trinajstić information content (AvgIpc) is 2.10. The fourth-order valence-electron chi connectivity index (χ4n) is 0.999. The molecule has 0 aliphatic carbocycles. The summed E-state index contributed by atoms with van der Waals surface area (Å²) in [5, 5.41) is 0. The average molecular weight is 171 g/mol. The first-order valence-corrected chi connectivity index (χ1v) is 5.18. The van der Waals surface area contributed by atoms with Gasteiger partial charge in [-0.1, -0.05) is 40.0 Å². The molecule has 1 heteroatoms. The van der Waals surface area contributed by atoms with Crippen molar-refractivity contribution in [3.63, 3.8) is 0 Å². The summed E-state index contributed by atoms with van der Waals surface area (Å²) in [6.45, 7) is 10.1. The monoisotopic (exact) mass is 171 g/mol. The molecule has 0 aliphatic heterocycles. The molecule has 0 fully saturated rings. The minimum Gasteiger partial charge on any atom is -0.381 e. The Hall–Kier alpha value is -0.0400. The molecule has 0 saturated heterocycles. The van der Waals surface area contributed by atoms with Gasteiger partial charge in [0.15, 0.2) is 0 Å². The van der Waals surface area contributed by atoms with Gasteiger partial charge in [0.1, 0.15) is 0 Å². The summed E-state index contributed by atoms with van der Waals surface area (Å²) in [4.78, 5) is 0. The molecular formula is C11H23O. The van der Waals surface area contributed by atoms with E-state index >= 15 is 0 Å². The first-order valence-electron chi connectivity index (χ1n) is 5.18. The van der Waals surface area contributed by atoms with Crippen LogP contribution in [0.4, 0.5) is 0 Å². The Morgan fingerprint density at radius 2 is 2.00 bits per heavy atom. The molecule has 0 aromatic heterocycles. The van der Waals surface area contributed by atoms with Gasteiger partial charge < -0.3 is 4.74 Å². The molecule has 0 aliphatic rings. The first kappa shape index (κ1) is 12.0. The summed E-state index contributed by atoms with van der Waals surface area (Å²) in [6.07, 6.45) is 6.16. The molecule has 0 aromatic rings. The maximum atomic E-state index is 5.49. The summed E-state index contributed by atoms with van der Waals surface area (Å²) in [6, 6.07) is 0. The fraction of sp³-hybridized carbons (Fsp3) is 0.909. The van der Waals surface area contributed by atoms with Crippen LogP contribution in [0.25, 0.3) is 0 Å². The third-order valence-electron chi connectivity index (χ3n) is 2.04. The lowest BCUT2D eigenvalue weighted by molar-refractivity contribution is 0.102. The van der Waals surface area contributed by atoms with E-state index in [9.17, 15) is 0 Å². The predicted octanol–water partition coefficient (Wildman–Crippen LogP) is 3.44. The van der Waals surface area contributed by atoms with Crippen LogP contribution in [-0.2, 0) is 4.74 Å². The van der Waals surface area contributed by atoms with Crippen LogP contribution in [0.3, 0.4) is 0 Å². The minimum absolute atomic E-state index is 0.621. The van der Waals surface area contributed by atoms with Gasteiger partial charge in [-0.05, 0) is 18.8 Å². The summed E-state index contributed by atoms with van der Waals surface area (Å²) in [7, 11) is 0. The highest BCUT2D eigenvalue weighted by atomic mass is 16.5. The Morgan fingerprint density at radius 1 is 1.25 bits per heavy atom. The van der Waals surface area contributed by atoms with Gasteiger partial charge in [-0.3, -0.25) is 0 Å². The van der Waals surface area contributed by atoms with E-state index in [1.807, 2.05) is 0 Å². The molecule has 73 valence electrons. The topological polar surface area (TPSA) is 9.23 Å². The molecule has 0 aromatic carbocycles. The van der Waals surface area contributed by atoms with Crippen LogP contribution in [0, 0.1) is 12.8 Å². The van der Waals surface area contributed by atoms with Crippen LogP contribution >= 0.6 is 0 Å². The molecule has 0 N–H and O–H groups in total. The molecule has 1 nitrogen and oxygen atoms in total. The van der Waals surface area contributed by atoms with Crippen molar-refractivity contribution >= 4 is 0 Å². The molecular weight excluding hydrogens is 148 g/mol. The van der Waals surface area contributed by atoms with Crippen molar-refractivity contribution in [1.29, 1.82) is 0 Å². The maximum Gasteiger partial charge on any atom is 0.0491 e. The van der Waals surface area contributed by atoms with Crippen LogP contribution in [0.5, 0.6) is 0 Å². The van der Waals surface area contributed by atoms with E-state index in [2.05, 4.69) is 20.8 Å². The number of hydrogen-bond donors (Lipinski definition) is 0. The molecule has 0 amide bonds. The lowest BCUT2D eigenvalue weighted by Crippen LogP contribution is -2.05. The van der Waals surface area contributed by atoms with Crippen molar-refractivity contribution in [3.05, 3.63) is 6.92 Å². The van der Waals surface area contributed by atoms with Crippen molar-refractivity contribution in [2.45, 2.75) is 46.0 Å². The highest BCUT2D eigenvalue weighted by Gasteiger charge is 1.97. The summed E-state index contributed by atoms with van der Waals surface area (Å²) >= 11 is 0. The Labute approximate surface area is 77.5 Å². The lowest BCUT2D eigenvalue weighted by atomic mass is 10.1. The lowest BCUT2D eigenvalue weighted by Gasteiger charge is -2.08. The first-order chi connectivity index (χ1) is 5.81. The van der Waals surface area contributed by atoms with Gasteiger partial charge in [0.25, 0.3) is 0 Å². The van der Waals surface area contributed by atoms with E-state index in [1.165, 1.54) is 25.7 Å². The highest BCUT2D eigenvalue weighted by Crippen LogP contribution is 2.03. The standard InChI is InChI=1S/C11H23O/c1-4-6-7-8-9-12-10-11(3)5-2/h11H,2,4-10H2,1,3H3. The van der Waals surface area contributed by atoms with E-state index in [0.29, 0.717) is 5.92 Å². The van der Waals surface area contributed by atoms with Crippen molar-refractivity contribution in [3.8, 4) is 0 Å². The van der Waals surface area contributed by atoms with Crippen LogP contribution < -0.4 is 0 Å². The molecule has 1 atom stereocenters. The zero-order valence-electron chi connectivity index (χ0n) is 8.64. The largest absolute Gasteiger partial charge is 0.381 e. The van der Waals surface area contributed by atoms with E-state index in [1.54, 1.807) is 0 Å². The van der Waals surface area contributed by atoms with Gasteiger partial charge in [0.05, 0.1) is 0 Å². The third kappa shape index (κ3) is 8.06. The normalized spacial score (nSPS) is 13.2. The Morgan fingerprint density at radius 3 is 2.58 bits per heavy atom. The van der Waals surface area contributed by atoms with Crippen molar-refractivity contribution in [2.24, 2.45) is 5.92 Å². The Balaban J connectivity index is 2.90. The quantitative estimate of drug-likeness (QED) is 0.508. The molecule has 0 saturated carbocycles. The third-order valence-corrected chi connectivity index (χ3v) is 2.04. The second-order valence-electron chi connectivity index (χ2n) is 3.53. The molecule has 1 unspecified atom stereocenters. The minimum atomic E-state index is 0.621. The van der Waals surface area contributed by atoms with Crippen molar-refractivity contribution in [2.75, 3.05) is 13.2 Å². The molecule has 0 bridgehead atoms. The van der Waals surface area contributed by atoms with Gasteiger partial charge in [0.2, 0.25) is 0 Å². The van der Waals surface area contributed by atoms with Gasteiger partial charge in [-0.15, -0.1) is 0 Å². The SMILES string of the molecule is [CH2]CC(C)COCCCCCC. The number of unbranched alkanes of at least 4 members (excludes halogenated alkanes) is 3. The van der Waals surface area contributed by atoms with Crippen LogP contribution in [0.1, 0.15) is 46.0 Å². The van der Waals surface area contributed by atoms with Crippen molar-refractivity contribution < 1.29 is 4.74 Å². The molecule has 0 spiro atoms. The van der Waals surface area contributed by atoms with Crippen LogP contribution in [0.15, 0.2) is 0 Å². The van der Waals surface area contributed by atoms with Gasteiger partial charge >= 0.3 is 0 Å². The fourth-order valence-corrected chi connectivity index (χ4v) is 0.999. The summed E-state index contributed by atoms with van der Waals surface area (Å²) in [5.41, 5.74) is 0. The van der Waals surface area contributed by atoms with Crippen LogP contribution in [0.2, 0.25) is 0 Å². The Kier molecular flexibility index (Phi) is 9.02. The zero-order valence-corrected chi connectivity index (χ0v) is 8.64. The Bertz CT molecular complexity index is 81.1.